The average Bonchev–Trinajstić information content (AvgIpc) is 2.56. The van der Waals surface area contributed by atoms with Crippen LogP contribution in [-0.4, -0.2) is 11.9 Å². The third-order valence-electron chi connectivity index (χ3n) is 3.63. The Kier molecular flexibility index (Phi) is 31.9. The molecular weight excluding hydrogens is 363 g/mol. The van der Waals surface area contributed by atoms with Crippen LogP contribution in [0.1, 0.15) is 79.1 Å². The molecule has 2 atom stereocenters. The van der Waals surface area contributed by atoms with Gasteiger partial charge in [-0.1, -0.05) is 78.7 Å². The van der Waals surface area contributed by atoms with Crippen LogP contribution in [0.3, 0.4) is 0 Å². The van der Waals surface area contributed by atoms with Crippen LogP contribution in [0.5, 0.6) is 0 Å². The summed E-state index contributed by atoms with van der Waals surface area (Å²) in [5, 5.41) is 20.7. The van der Waals surface area contributed by atoms with E-state index in [1.807, 2.05) is 13.8 Å². The molecule has 0 radical (unpaired) electrons. The average molecular weight is 399 g/mol. The number of carbonyl (C=O) groups excluding carboxylic acids is 2. The first-order valence-electron chi connectivity index (χ1n) is 9.01. The third kappa shape index (κ3) is 25.3. The topological polar surface area (TPSA) is 80.3 Å². The Morgan fingerprint density at radius 2 is 1.08 bits per heavy atom. The second kappa shape index (κ2) is 25.2. The van der Waals surface area contributed by atoms with E-state index in [9.17, 15) is 19.8 Å². The van der Waals surface area contributed by atoms with E-state index in [-0.39, 0.29) is 28.3 Å². The molecule has 0 aromatic heterocycles. The van der Waals surface area contributed by atoms with Crippen molar-refractivity contribution in [3.8, 4) is 0 Å². The second-order valence-corrected chi connectivity index (χ2v) is 5.60. The predicted octanol–water partition coefficient (Wildman–Crippen LogP) is 3.26. The van der Waals surface area contributed by atoms with Crippen LogP contribution in [0.2, 0.25) is 0 Å². The molecule has 0 saturated carbocycles. The summed E-state index contributed by atoms with van der Waals surface area (Å²) in [7, 11) is 0. The first kappa shape index (κ1) is 31.7. The molecule has 2 unspecified atom stereocenters. The van der Waals surface area contributed by atoms with E-state index in [0.29, 0.717) is 12.8 Å². The number of carboxylic acids is 2. The Morgan fingerprint density at radius 3 is 1.20 bits per heavy atom. The first-order chi connectivity index (χ1) is 11.4. The van der Waals surface area contributed by atoms with Crippen LogP contribution < -0.4 is 10.2 Å². The Balaban J connectivity index is -0.000000141. The number of carbonyl (C=O) groups is 2. The molecule has 0 saturated heterocycles. The van der Waals surface area contributed by atoms with Crippen LogP contribution in [0.4, 0.5) is 0 Å². The van der Waals surface area contributed by atoms with Gasteiger partial charge >= 0.3 is 16.5 Å². The Bertz CT molecular complexity index is 298. The SMILES string of the molecule is C=CC=C.CCCCC(CC)C(=O)[O-].CCCCC(CC)C(=O)[O-].[Ni+2]. The summed E-state index contributed by atoms with van der Waals surface area (Å²) in [6.45, 7) is 14.6. The van der Waals surface area contributed by atoms with Crippen LogP contribution in [-0.2, 0) is 26.1 Å². The molecule has 0 N–H and O–H groups in total. The first-order valence-corrected chi connectivity index (χ1v) is 9.01. The van der Waals surface area contributed by atoms with Crippen molar-refractivity contribution in [3.05, 3.63) is 25.3 Å². The number of hydrogen-bond acceptors (Lipinski definition) is 4. The van der Waals surface area contributed by atoms with Gasteiger partial charge in [-0.3, -0.25) is 0 Å². The van der Waals surface area contributed by atoms with Gasteiger partial charge in [-0.15, -0.1) is 0 Å². The van der Waals surface area contributed by atoms with Gasteiger partial charge in [0.2, 0.25) is 0 Å². The second-order valence-electron chi connectivity index (χ2n) is 5.60. The van der Waals surface area contributed by atoms with Crippen molar-refractivity contribution in [3.63, 3.8) is 0 Å². The van der Waals surface area contributed by atoms with Crippen LogP contribution >= 0.6 is 0 Å². The predicted molar refractivity (Wildman–Crippen MR) is 97.0 cm³/mol. The van der Waals surface area contributed by atoms with Gasteiger partial charge in [0.1, 0.15) is 0 Å². The van der Waals surface area contributed by atoms with E-state index < -0.39 is 11.9 Å². The van der Waals surface area contributed by atoms with Crippen molar-refractivity contribution >= 4 is 11.9 Å². The minimum atomic E-state index is -0.893. The number of aliphatic carboxylic acids is 2. The normalized spacial score (nSPS) is 11.2. The molecule has 0 rings (SSSR count). The van der Waals surface area contributed by atoms with Gasteiger partial charge in [-0.05, 0) is 37.5 Å². The molecular formula is C20H36NiO4. The van der Waals surface area contributed by atoms with Crippen molar-refractivity contribution < 1.29 is 36.3 Å². The maximum atomic E-state index is 10.3. The Morgan fingerprint density at radius 1 is 0.800 bits per heavy atom. The summed E-state index contributed by atoms with van der Waals surface area (Å²) in [6, 6.07) is 0. The van der Waals surface area contributed by atoms with Crippen LogP contribution in [0.15, 0.2) is 25.3 Å². The third-order valence-corrected chi connectivity index (χ3v) is 3.63. The zero-order chi connectivity index (χ0) is 19.4. The van der Waals surface area contributed by atoms with Crippen LogP contribution in [0.25, 0.3) is 0 Å². The van der Waals surface area contributed by atoms with Crippen molar-refractivity contribution in [2.24, 2.45) is 11.8 Å². The summed E-state index contributed by atoms with van der Waals surface area (Å²) >= 11 is 0. The van der Waals surface area contributed by atoms with Gasteiger partial charge < -0.3 is 19.8 Å². The van der Waals surface area contributed by atoms with Gasteiger partial charge in [0.05, 0.1) is 0 Å². The molecule has 0 heterocycles. The van der Waals surface area contributed by atoms with E-state index in [1.54, 1.807) is 12.2 Å². The fourth-order valence-electron chi connectivity index (χ4n) is 1.88. The Labute approximate surface area is 164 Å². The Hall–Kier alpha value is -1.09. The van der Waals surface area contributed by atoms with E-state index >= 15 is 0 Å². The molecule has 0 aliphatic heterocycles. The smallest absolute Gasteiger partial charge is 0.550 e. The fourth-order valence-corrected chi connectivity index (χ4v) is 1.88. The number of rotatable bonds is 11. The zero-order valence-corrected chi connectivity index (χ0v) is 17.3. The number of allylic oxidation sites excluding steroid dienone is 2. The number of hydrogen-bond donors (Lipinski definition) is 0. The van der Waals surface area contributed by atoms with E-state index in [1.165, 1.54) is 0 Å². The number of unbranched alkanes of at least 4 members (excludes halogenated alkanes) is 2. The molecule has 25 heavy (non-hydrogen) atoms. The molecule has 0 bridgehead atoms. The molecule has 0 fully saturated rings. The molecule has 0 aromatic rings. The molecule has 0 aliphatic rings. The summed E-state index contributed by atoms with van der Waals surface area (Å²) in [5.74, 6) is -2.23. The van der Waals surface area contributed by atoms with Gasteiger partial charge in [-0.2, -0.15) is 0 Å². The van der Waals surface area contributed by atoms with Gasteiger partial charge in [0.25, 0.3) is 0 Å². The summed E-state index contributed by atoms with van der Waals surface area (Å²) < 4.78 is 0. The maximum Gasteiger partial charge on any atom is 2.00 e. The minimum Gasteiger partial charge on any atom is -0.550 e. The van der Waals surface area contributed by atoms with Crippen molar-refractivity contribution in [1.82, 2.24) is 0 Å². The van der Waals surface area contributed by atoms with E-state index in [0.717, 1.165) is 38.5 Å². The summed E-state index contributed by atoms with van der Waals surface area (Å²) in [6.07, 6.45) is 10.3. The van der Waals surface area contributed by atoms with Gasteiger partial charge in [-0.25, -0.2) is 0 Å². The number of carboxylic acid groups (broad SMARTS) is 2. The molecule has 5 heteroatoms. The van der Waals surface area contributed by atoms with Gasteiger partial charge in [0, 0.05) is 11.9 Å². The maximum absolute atomic E-state index is 10.3. The zero-order valence-electron chi connectivity index (χ0n) is 16.3. The van der Waals surface area contributed by atoms with Crippen LogP contribution in [0, 0.1) is 11.8 Å². The molecule has 0 aliphatic carbocycles. The monoisotopic (exact) mass is 398 g/mol. The molecule has 150 valence electrons. The summed E-state index contributed by atoms with van der Waals surface area (Å²) in [5.41, 5.74) is 0. The largest absolute Gasteiger partial charge is 2.00 e. The van der Waals surface area contributed by atoms with Gasteiger partial charge in [0.15, 0.2) is 0 Å². The molecule has 4 nitrogen and oxygen atoms in total. The quantitative estimate of drug-likeness (QED) is 0.395. The minimum absolute atomic E-state index is 0. The van der Waals surface area contributed by atoms with Crippen molar-refractivity contribution in [2.75, 3.05) is 0 Å². The summed E-state index contributed by atoms with van der Waals surface area (Å²) in [4.78, 5) is 20.7. The fraction of sp³-hybridized carbons (Fsp3) is 0.700. The molecule has 0 spiro atoms. The van der Waals surface area contributed by atoms with E-state index in [4.69, 9.17) is 0 Å². The molecule has 0 aromatic carbocycles. The van der Waals surface area contributed by atoms with E-state index in [2.05, 4.69) is 27.0 Å². The van der Waals surface area contributed by atoms with Crippen molar-refractivity contribution in [1.29, 1.82) is 0 Å². The molecule has 0 amide bonds. The van der Waals surface area contributed by atoms with Crippen molar-refractivity contribution in [2.45, 2.75) is 79.1 Å². The standard InChI is InChI=1S/2C8H16O2.C4H6.Ni/c2*1-3-5-6-7(4-2)8(9)10;1-3-4-2;/h2*7H,3-6H2,1-2H3,(H,9,10);3-4H,1-2H2;/q;;;+2/p-2.